The van der Waals surface area contributed by atoms with E-state index in [1.807, 2.05) is 11.8 Å². The third-order valence-corrected chi connectivity index (χ3v) is 3.00. The molecule has 0 spiro atoms. The minimum absolute atomic E-state index is 0.677. The van der Waals surface area contributed by atoms with E-state index < -0.39 is 0 Å². The van der Waals surface area contributed by atoms with Crippen LogP contribution in [-0.2, 0) is 0 Å². The van der Waals surface area contributed by atoms with Crippen LogP contribution in [0.4, 0.5) is 0 Å². The van der Waals surface area contributed by atoms with Crippen LogP contribution in [0.3, 0.4) is 0 Å². The normalized spacial score (nSPS) is 12.9. The van der Waals surface area contributed by atoms with Gasteiger partial charge >= 0.3 is 0 Å². The Kier molecular flexibility index (Phi) is 3.50. The average molecular weight is 166 g/mol. The maximum Gasteiger partial charge on any atom is 0.0291 e. The molecule has 0 aliphatic rings. The van der Waals surface area contributed by atoms with Gasteiger partial charge in [-0.1, -0.05) is 37.3 Å². The summed E-state index contributed by atoms with van der Waals surface area (Å²) in [6, 6.07) is 10.7. The number of hydrogen-bond acceptors (Lipinski definition) is 1. The summed E-state index contributed by atoms with van der Waals surface area (Å²) in [5.74, 6) is 0. The van der Waals surface area contributed by atoms with Crippen molar-refractivity contribution in [1.29, 1.82) is 0 Å². The lowest BCUT2D eigenvalue weighted by Crippen LogP contribution is -1.89. The smallest absolute Gasteiger partial charge is 0.0291 e. The summed E-state index contributed by atoms with van der Waals surface area (Å²) in [6.45, 7) is 2.23. The van der Waals surface area contributed by atoms with Gasteiger partial charge in [0, 0.05) is 5.25 Å². The first kappa shape index (κ1) is 8.66. The maximum absolute atomic E-state index is 2.23. The Morgan fingerprint density at radius 2 is 1.91 bits per heavy atom. The van der Waals surface area contributed by atoms with Gasteiger partial charge in [-0.25, -0.2) is 0 Å². The van der Waals surface area contributed by atoms with Crippen LogP contribution in [0.15, 0.2) is 30.3 Å². The fourth-order valence-electron chi connectivity index (χ4n) is 1.21. The molecule has 1 heteroatoms. The van der Waals surface area contributed by atoms with Crippen LogP contribution in [0.25, 0.3) is 0 Å². The summed E-state index contributed by atoms with van der Waals surface area (Å²) in [5.41, 5.74) is 1.45. The van der Waals surface area contributed by atoms with Crippen molar-refractivity contribution in [3.05, 3.63) is 35.9 Å². The highest BCUT2D eigenvalue weighted by atomic mass is 32.2. The van der Waals surface area contributed by atoms with Crippen molar-refractivity contribution >= 4 is 11.8 Å². The minimum Gasteiger partial charge on any atom is -0.157 e. The molecule has 0 aromatic heterocycles. The quantitative estimate of drug-likeness (QED) is 0.662. The van der Waals surface area contributed by atoms with Gasteiger partial charge in [0.1, 0.15) is 0 Å². The molecule has 0 nitrogen and oxygen atoms in total. The molecule has 0 fully saturated rings. The lowest BCUT2D eigenvalue weighted by atomic mass is 10.1. The molecular formula is C10H14S. The number of rotatable bonds is 3. The second kappa shape index (κ2) is 4.45. The van der Waals surface area contributed by atoms with E-state index >= 15 is 0 Å². The van der Waals surface area contributed by atoms with Gasteiger partial charge in [-0.15, -0.1) is 0 Å². The highest BCUT2D eigenvalue weighted by Gasteiger charge is 2.04. The number of thioether (sulfide) groups is 1. The van der Waals surface area contributed by atoms with E-state index in [0.29, 0.717) is 5.25 Å². The molecule has 0 unspecified atom stereocenters. The van der Waals surface area contributed by atoms with Gasteiger partial charge in [0.15, 0.2) is 0 Å². The molecule has 0 aliphatic heterocycles. The van der Waals surface area contributed by atoms with Crippen molar-refractivity contribution in [2.24, 2.45) is 0 Å². The van der Waals surface area contributed by atoms with E-state index in [0.717, 1.165) is 0 Å². The highest BCUT2D eigenvalue weighted by Crippen LogP contribution is 2.28. The summed E-state index contributed by atoms with van der Waals surface area (Å²) < 4.78 is 0. The summed E-state index contributed by atoms with van der Waals surface area (Å²) in [7, 11) is 0. The van der Waals surface area contributed by atoms with Crippen molar-refractivity contribution in [2.75, 3.05) is 6.26 Å². The van der Waals surface area contributed by atoms with Crippen molar-refractivity contribution in [3.8, 4) is 0 Å². The van der Waals surface area contributed by atoms with Gasteiger partial charge in [-0.3, -0.25) is 0 Å². The molecule has 0 saturated heterocycles. The fourth-order valence-corrected chi connectivity index (χ4v) is 1.97. The van der Waals surface area contributed by atoms with E-state index in [9.17, 15) is 0 Å². The summed E-state index contributed by atoms with van der Waals surface area (Å²) in [4.78, 5) is 0. The monoisotopic (exact) mass is 166 g/mol. The first-order valence-corrected chi connectivity index (χ1v) is 5.25. The molecule has 0 aliphatic carbocycles. The van der Waals surface area contributed by atoms with Crippen molar-refractivity contribution in [2.45, 2.75) is 18.6 Å². The van der Waals surface area contributed by atoms with Crippen molar-refractivity contribution in [3.63, 3.8) is 0 Å². The number of hydrogen-bond donors (Lipinski definition) is 0. The van der Waals surface area contributed by atoms with Crippen molar-refractivity contribution in [1.82, 2.24) is 0 Å². The lowest BCUT2D eigenvalue weighted by molar-refractivity contribution is 0.898. The Labute approximate surface area is 73.0 Å². The van der Waals surface area contributed by atoms with Gasteiger partial charge in [-0.2, -0.15) is 11.8 Å². The molecule has 1 rings (SSSR count). The van der Waals surface area contributed by atoms with Crippen LogP contribution < -0.4 is 0 Å². The molecule has 0 heterocycles. The summed E-state index contributed by atoms with van der Waals surface area (Å²) in [5, 5.41) is 0.677. The second-order valence-electron chi connectivity index (χ2n) is 2.54. The molecule has 0 saturated carbocycles. The molecule has 0 N–H and O–H groups in total. The predicted octanol–water partition coefficient (Wildman–Crippen LogP) is 3.50. The summed E-state index contributed by atoms with van der Waals surface area (Å²) in [6.07, 6.45) is 3.38. The largest absolute Gasteiger partial charge is 0.157 e. The van der Waals surface area contributed by atoms with Gasteiger partial charge < -0.3 is 0 Å². The zero-order chi connectivity index (χ0) is 8.10. The van der Waals surface area contributed by atoms with E-state index in [4.69, 9.17) is 0 Å². The predicted molar refractivity (Wildman–Crippen MR) is 53.0 cm³/mol. The Morgan fingerprint density at radius 3 is 2.36 bits per heavy atom. The van der Waals surface area contributed by atoms with Crippen LogP contribution in [0, 0.1) is 0 Å². The third-order valence-electron chi connectivity index (χ3n) is 1.83. The first-order valence-electron chi connectivity index (χ1n) is 3.96. The Bertz CT molecular complexity index is 189. The van der Waals surface area contributed by atoms with E-state index in [2.05, 4.69) is 43.5 Å². The molecule has 0 radical (unpaired) electrons. The highest BCUT2D eigenvalue weighted by molar-refractivity contribution is 7.98. The van der Waals surface area contributed by atoms with Crippen LogP contribution in [0.5, 0.6) is 0 Å². The fraction of sp³-hybridized carbons (Fsp3) is 0.400. The van der Waals surface area contributed by atoms with Gasteiger partial charge in [-0.05, 0) is 18.2 Å². The van der Waals surface area contributed by atoms with Crippen LogP contribution >= 0.6 is 11.8 Å². The standard InChI is InChI=1S/C10H14S/c1-3-10(11-2)9-7-5-4-6-8-9/h4-8,10H,3H2,1-2H3/t10-/m0/s1. The minimum atomic E-state index is 0.677. The van der Waals surface area contributed by atoms with E-state index in [1.165, 1.54) is 12.0 Å². The molecule has 1 aromatic rings. The Morgan fingerprint density at radius 1 is 1.27 bits per heavy atom. The molecule has 1 atom stereocenters. The maximum atomic E-state index is 2.23. The van der Waals surface area contributed by atoms with Gasteiger partial charge in [0.2, 0.25) is 0 Å². The van der Waals surface area contributed by atoms with E-state index in [-0.39, 0.29) is 0 Å². The molecule has 1 aromatic carbocycles. The SMILES string of the molecule is CC[C@H](SC)c1ccccc1. The third kappa shape index (κ3) is 2.26. The second-order valence-corrected chi connectivity index (χ2v) is 3.58. The first-order chi connectivity index (χ1) is 5.38. The van der Waals surface area contributed by atoms with Crippen LogP contribution in [-0.4, -0.2) is 6.26 Å². The molecule has 0 bridgehead atoms. The average Bonchev–Trinajstić information content (AvgIpc) is 2.09. The topological polar surface area (TPSA) is 0 Å². The molecule has 0 amide bonds. The zero-order valence-corrected chi connectivity index (χ0v) is 7.90. The van der Waals surface area contributed by atoms with Gasteiger partial charge in [0.05, 0.1) is 0 Å². The van der Waals surface area contributed by atoms with Gasteiger partial charge in [0.25, 0.3) is 0 Å². The molecule has 60 valence electrons. The Balaban J connectivity index is 2.74. The lowest BCUT2D eigenvalue weighted by Gasteiger charge is -2.10. The Hall–Kier alpha value is -0.430. The molecular weight excluding hydrogens is 152 g/mol. The number of benzene rings is 1. The van der Waals surface area contributed by atoms with Crippen molar-refractivity contribution < 1.29 is 0 Å². The van der Waals surface area contributed by atoms with E-state index in [1.54, 1.807) is 0 Å². The van der Waals surface area contributed by atoms with Crippen LogP contribution in [0.2, 0.25) is 0 Å². The summed E-state index contributed by atoms with van der Waals surface area (Å²) >= 11 is 1.92. The zero-order valence-electron chi connectivity index (χ0n) is 7.08. The molecule has 11 heavy (non-hydrogen) atoms. The van der Waals surface area contributed by atoms with Crippen LogP contribution in [0.1, 0.15) is 24.2 Å².